The standard InChI is InChI=1S/C13H18N2O/c1-10-5-6-12(11(2)15)13(9-10)16-8-4-3-7-14/h5-6,9,11H,3-4,8,15H2,1-2H3. The highest BCUT2D eigenvalue weighted by Crippen LogP contribution is 2.25. The Labute approximate surface area is 96.8 Å². The quantitative estimate of drug-likeness (QED) is 0.773. The number of aryl methyl sites for hydroxylation is 1. The topological polar surface area (TPSA) is 59.0 Å². The fourth-order valence-corrected chi connectivity index (χ4v) is 1.48. The van der Waals surface area contributed by atoms with Gasteiger partial charge in [0.25, 0.3) is 0 Å². The molecule has 16 heavy (non-hydrogen) atoms. The lowest BCUT2D eigenvalue weighted by Gasteiger charge is -2.14. The first-order valence-electron chi connectivity index (χ1n) is 5.51. The Morgan fingerprint density at radius 3 is 2.88 bits per heavy atom. The van der Waals surface area contributed by atoms with Gasteiger partial charge in [0.15, 0.2) is 0 Å². The molecule has 0 aliphatic heterocycles. The molecule has 1 aromatic carbocycles. The smallest absolute Gasteiger partial charge is 0.124 e. The summed E-state index contributed by atoms with van der Waals surface area (Å²) in [6, 6.07) is 8.08. The Hall–Kier alpha value is -1.53. The Kier molecular flexibility index (Phi) is 4.81. The number of nitriles is 1. The van der Waals surface area contributed by atoms with Gasteiger partial charge in [-0.3, -0.25) is 0 Å². The van der Waals surface area contributed by atoms with Crippen LogP contribution in [-0.2, 0) is 0 Å². The molecule has 0 aliphatic carbocycles. The van der Waals surface area contributed by atoms with Crippen molar-refractivity contribution in [3.8, 4) is 11.8 Å². The number of hydrogen-bond donors (Lipinski definition) is 1. The summed E-state index contributed by atoms with van der Waals surface area (Å²) in [5.41, 5.74) is 8.03. The summed E-state index contributed by atoms with van der Waals surface area (Å²) in [4.78, 5) is 0. The van der Waals surface area contributed by atoms with E-state index in [2.05, 4.69) is 6.07 Å². The van der Waals surface area contributed by atoms with Gasteiger partial charge >= 0.3 is 0 Å². The van der Waals surface area contributed by atoms with Crippen LogP contribution in [-0.4, -0.2) is 6.61 Å². The van der Waals surface area contributed by atoms with E-state index in [0.717, 1.165) is 23.3 Å². The molecule has 1 unspecified atom stereocenters. The summed E-state index contributed by atoms with van der Waals surface area (Å²) >= 11 is 0. The molecule has 1 atom stereocenters. The lowest BCUT2D eigenvalue weighted by molar-refractivity contribution is 0.308. The zero-order chi connectivity index (χ0) is 12.0. The molecule has 3 nitrogen and oxygen atoms in total. The van der Waals surface area contributed by atoms with E-state index in [-0.39, 0.29) is 6.04 Å². The van der Waals surface area contributed by atoms with Gasteiger partial charge in [0.05, 0.1) is 12.7 Å². The molecule has 0 saturated heterocycles. The van der Waals surface area contributed by atoms with E-state index < -0.39 is 0 Å². The molecular formula is C13H18N2O. The number of hydrogen-bond acceptors (Lipinski definition) is 3. The minimum absolute atomic E-state index is 0.0356. The molecule has 2 N–H and O–H groups in total. The van der Waals surface area contributed by atoms with Crippen LogP contribution >= 0.6 is 0 Å². The van der Waals surface area contributed by atoms with Gasteiger partial charge in [0.1, 0.15) is 5.75 Å². The van der Waals surface area contributed by atoms with E-state index in [1.165, 1.54) is 0 Å². The van der Waals surface area contributed by atoms with Crippen LogP contribution in [0.3, 0.4) is 0 Å². The van der Waals surface area contributed by atoms with Gasteiger partial charge in [0, 0.05) is 18.0 Å². The average molecular weight is 218 g/mol. The molecule has 1 rings (SSSR count). The maximum atomic E-state index is 8.42. The van der Waals surface area contributed by atoms with Crippen molar-refractivity contribution in [1.82, 2.24) is 0 Å². The van der Waals surface area contributed by atoms with E-state index in [1.807, 2.05) is 32.0 Å². The first kappa shape index (κ1) is 12.5. The first-order chi connectivity index (χ1) is 7.65. The number of nitrogens with two attached hydrogens (primary N) is 1. The molecule has 86 valence electrons. The molecule has 0 radical (unpaired) electrons. The Morgan fingerprint density at radius 2 is 2.25 bits per heavy atom. The second kappa shape index (κ2) is 6.14. The molecule has 0 spiro atoms. The monoisotopic (exact) mass is 218 g/mol. The number of nitrogens with zero attached hydrogens (tertiary/aromatic N) is 1. The van der Waals surface area contributed by atoms with Crippen LogP contribution in [0.1, 0.15) is 36.9 Å². The minimum Gasteiger partial charge on any atom is -0.493 e. The second-order valence-corrected chi connectivity index (χ2v) is 3.94. The third kappa shape index (κ3) is 3.56. The van der Waals surface area contributed by atoms with Crippen molar-refractivity contribution in [3.05, 3.63) is 29.3 Å². The van der Waals surface area contributed by atoms with Gasteiger partial charge in [-0.15, -0.1) is 0 Å². The number of benzene rings is 1. The van der Waals surface area contributed by atoms with E-state index >= 15 is 0 Å². The summed E-state index contributed by atoms with van der Waals surface area (Å²) < 4.78 is 5.65. The highest BCUT2D eigenvalue weighted by Gasteiger charge is 2.07. The molecule has 0 amide bonds. The highest BCUT2D eigenvalue weighted by molar-refractivity contribution is 5.38. The zero-order valence-corrected chi connectivity index (χ0v) is 9.86. The van der Waals surface area contributed by atoms with Crippen LogP contribution in [0.5, 0.6) is 5.75 Å². The molecule has 3 heteroatoms. The Balaban J connectivity index is 2.69. The van der Waals surface area contributed by atoms with Crippen molar-refractivity contribution in [2.45, 2.75) is 32.7 Å². The van der Waals surface area contributed by atoms with Crippen LogP contribution in [0, 0.1) is 18.3 Å². The van der Waals surface area contributed by atoms with Crippen LogP contribution in [0.4, 0.5) is 0 Å². The highest BCUT2D eigenvalue weighted by atomic mass is 16.5. The van der Waals surface area contributed by atoms with E-state index in [4.69, 9.17) is 15.7 Å². The van der Waals surface area contributed by atoms with Gasteiger partial charge in [-0.05, 0) is 31.9 Å². The fraction of sp³-hybridized carbons (Fsp3) is 0.462. The van der Waals surface area contributed by atoms with E-state index in [0.29, 0.717) is 13.0 Å². The summed E-state index contributed by atoms with van der Waals surface area (Å²) in [5, 5.41) is 8.42. The third-order valence-corrected chi connectivity index (χ3v) is 2.35. The summed E-state index contributed by atoms with van der Waals surface area (Å²) in [7, 11) is 0. The number of rotatable bonds is 5. The van der Waals surface area contributed by atoms with Crippen molar-refractivity contribution < 1.29 is 4.74 Å². The number of ether oxygens (including phenoxy) is 1. The normalized spacial score (nSPS) is 11.9. The summed E-state index contributed by atoms with van der Waals surface area (Å²) in [6.07, 6.45) is 1.28. The molecule has 0 heterocycles. The van der Waals surface area contributed by atoms with E-state index in [9.17, 15) is 0 Å². The van der Waals surface area contributed by atoms with Crippen LogP contribution in [0.2, 0.25) is 0 Å². The van der Waals surface area contributed by atoms with Crippen LogP contribution < -0.4 is 10.5 Å². The van der Waals surface area contributed by atoms with Gasteiger partial charge in [0.2, 0.25) is 0 Å². The minimum atomic E-state index is -0.0356. The van der Waals surface area contributed by atoms with Gasteiger partial charge in [-0.1, -0.05) is 12.1 Å². The fourth-order valence-electron chi connectivity index (χ4n) is 1.48. The maximum absolute atomic E-state index is 8.42. The van der Waals surface area contributed by atoms with Crippen LogP contribution in [0.15, 0.2) is 18.2 Å². The van der Waals surface area contributed by atoms with Crippen LogP contribution in [0.25, 0.3) is 0 Å². The van der Waals surface area contributed by atoms with Crippen molar-refractivity contribution in [3.63, 3.8) is 0 Å². The SMILES string of the molecule is Cc1ccc(C(C)N)c(OCCCC#N)c1. The molecule has 0 fully saturated rings. The van der Waals surface area contributed by atoms with Gasteiger partial charge < -0.3 is 10.5 Å². The van der Waals surface area contributed by atoms with Crippen molar-refractivity contribution in [2.75, 3.05) is 6.61 Å². The molecule has 1 aromatic rings. The average Bonchev–Trinajstić information content (AvgIpc) is 2.24. The zero-order valence-electron chi connectivity index (χ0n) is 9.86. The Bertz CT molecular complexity index is 380. The summed E-state index contributed by atoms with van der Waals surface area (Å²) in [5.74, 6) is 0.841. The number of unbranched alkanes of at least 4 members (excludes halogenated alkanes) is 1. The molecule has 0 bridgehead atoms. The predicted molar refractivity (Wildman–Crippen MR) is 64.1 cm³/mol. The summed E-state index contributed by atoms with van der Waals surface area (Å²) in [6.45, 7) is 4.52. The lowest BCUT2D eigenvalue weighted by atomic mass is 10.1. The molecule has 0 aromatic heterocycles. The third-order valence-electron chi connectivity index (χ3n) is 2.35. The molecule has 0 saturated carbocycles. The molecule has 0 aliphatic rings. The van der Waals surface area contributed by atoms with Crippen molar-refractivity contribution in [2.24, 2.45) is 5.73 Å². The second-order valence-electron chi connectivity index (χ2n) is 3.94. The maximum Gasteiger partial charge on any atom is 0.124 e. The van der Waals surface area contributed by atoms with Crippen molar-refractivity contribution >= 4 is 0 Å². The Morgan fingerprint density at radius 1 is 1.50 bits per heavy atom. The van der Waals surface area contributed by atoms with Gasteiger partial charge in [-0.25, -0.2) is 0 Å². The van der Waals surface area contributed by atoms with E-state index in [1.54, 1.807) is 0 Å². The van der Waals surface area contributed by atoms with Crippen molar-refractivity contribution in [1.29, 1.82) is 5.26 Å². The lowest BCUT2D eigenvalue weighted by Crippen LogP contribution is -2.08. The van der Waals surface area contributed by atoms with Gasteiger partial charge in [-0.2, -0.15) is 5.26 Å². The largest absolute Gasteiger partial charge is 0.493 e. The molecular weight excluding hydrogens is 200 g/mol. The first-order valence-corrected chi connectivity index (χ1v) is 5.51. The predicted octanol–water partition coefficient (Wildman–Crippen LogP) is 2.70.